The first-order valence-electron chi connectivity index (χ1n) is 6.66. The van der Waals surface area contributed by atoms with Gasteiger partial charge in [0, 0.05) is 23.4 Å². The molecular formula is C12H24N4O2S2. The van der Waals surface area contributed by atoms with E-state index in [9.17, 15) is 8.42 Å². The fraction of sp³-hybridized carbons (Fsp3) is 0.750. The van der Waals surface area contributed by atoms with Crippen LogP contribution in [0.2, 0.25) is 0 Å². The third-order valence-electron chi connectivity index (χ3n) is 3.62. The first-order valence-corrected chi connectivity index (χ1v) is 9.37. The lowest BCUT2D eigenvalue weighted by atomic mass is 10.0. The fourth-order valence-electron chi connectivity index (χ4n) is 2.01. The van der Waals surface area contributed by atoms with E-state index in [4.69, 9.17) is 0 Å². The van der Waals surface area contributed by atoms with Gasteiger partial charge in [-0.25, -0.2) is 13.1 Å². The molecule has 0 saturated heterocycles. The number of hydrogen-bond donors (Lipinski definition) is 3. The Balaban J connectivity index is 2.87. The summed E-state index contributed by atoms with van der Waals surface area (Å²) < 4.78 is 27.4. The average molecular weight is 320 g/mol. The molecule has 0 aromatic carbocycles. The zero-order valence-corrected chi connectivity index (χ0v) is 14.1. The second kappa shape index (κ2) is 7.44. The number of nitrogens with one attached hydrogen (secondary N) is 3. The van der Waals surface area contributed by atoms with E-state index >= 15 is 0 Å². The molecule has 116 valence electrons. The van der Waals surface area contributed by atoms with Crippen molar-refractivity contribution in [3.8, 4) is 0 Å². The molecule has 0 amide bonds. The van der Waals surface area contributed by atoms with E-state index in [1.165, 1.54) is 6.20 Å². The van der Waals surface area contributed by atoms with Crippen LogP contribution in [0, 0.1) is 0 Å². The molecule has 1 aromatic rings. The van der Waals surface area contributed by atoms with Crippen LogP contribution in [0.25, 0.3) is 0 Å². The maximum Gasteiger partial charge on any atom is 0.257 e. The van der Waals surface area contributed by atoms with Gasteiger partial charge in [-0.15, -0.1) is 0 Å². The molecule has 0 saturated carbocycles. The molecule has 1 rings (SSSR count). The Labute approximate surface area is 125 Å². The minimum atomic E-state index is -3.55. The van der Waals surface area contributed by atoms with Crippen molar-refractivity contribution in [2.75, 3.05) is 19.8 Å². The van der Waals surface area contributed by atoms with Crippen molar-refractivity contribution in [3.63, 3.8) is 0 Å². The van der Waals surface area contributed by atoms with Crippen LogP contribution in [0.15, 0.2) is 11.2 Å². The van der Waals surface area contributed by atoms with Gasteiger partial charge < -0.3 is 5.32 Å². The minimum Gasteiger partial charge on any atom is -0.316 e. The molecule has 0 aliphatic carbocycles. The second-order valence-corrected chi connectivity index (χ2v) is 7.65. The third-order valence-corrected chi connectivity index (χ3v) is 6.62. The normalized spacial score (nSPS) is 12.8. The van der Waals surface area contributed by atoms with Gasteiger partial charge >= 0.3 is 0 Å². The summed E-state index contributed by atoms with van der Waals surface area (Å²) in [6, 6.07) is 0. The largest absolute Gasteiger partial charge is 0.316 e. The van der Waals surface area contributed by atoms with Crippen LogP contribution in [-0.2, 0) is 16.6 Å². The number of nitrogens with zero attached hydrogens (tertiary/aromatic N) is 1. The van der Waals surface area contributed by atoms with Gasteiger partial charge in [0.1, 0.15) is 0 Å². The van der Waals surface area contributed by atoms with Crippen molar-refractivity contribution < 1.29 is 8.42 Å². The number of H-pyrrole nitrogens is 1. The van der Waals surface area contributed by atoms with Crippen molar-refractivity contribution in [2.24, 2.45) is 0 Å². The Hall–Kier alpha value is -0.570. The van der Waals surface area contributed by atoms with Gasteiger partial charge in [0.2, 0.25) is 0 Å². The van der Waals surface area contributed by atoms with Crippen molar-refractivity contribution in [2.45, 2.75) is 43.0 Å². The standard InChI is InChI=1S/C12H24N4O2S2/c1-5-12(6-2,19-4)9-15-20(17,18)11-10(7-13-3)8-14-16-11/h8,13,15H,5-7,9H2,1-4H3,(H,14,16). The van der Waals surface area contributed by atoms with Gasteiger partial charge in [0.05, 0.1) is 6.20 Å². The number of hydrogen-bond acceptors (Lipinski definition) is 5. The van der Waals surface area contributed by atoms with Crippen molar-refractivity contribution in [1.82, 2.24) is 20.2 Å². The van der Waals surface area contributed by atoms with Crippen LogP contribution < -0.4 is 10.0 Å². The summed E-state index contributed by atoms with van der Waals surface area (Å²) >= 11 is 1.70. The van der Waals surface area contributed by atoms with Gasteiger partial charge in [-0.2, -0.15) is 16.9 Å². The van der Waals surface area contributed by atoms with Crippen molar-refractivity contribution in [3.05, 3.63) is 11.8 Å². The molecule has 0 fully saturated rings. The van der Waals surface area contributed by atoms with E-state index < -0.39 is 10.0 Å². The third kappa shape index (κ3) is 3.97. The molecule has 0 aliphatic heterocycles. The predicted octanol–water partition coefficient (Wildman–Crippen LogP) is 1.33. The number of thioether (sulfide) groups is 1. The summed E-state index contributed by atoms with van der Waals surface area (Å²) in [4.78, 5) is 0. The molecule has 0 radical (unpaired) electrons. The molecule has 3 N–H and O–H groups in total. The van der Waals surface area contributed by atoms with Crippen LogP contribution in [0.3, 0.4) is 0 Å². The fourth-order valence-corrected chi connectivity index (χ4v) is 4.15. The molecule has 0 unspecified atom stereocenters. The first-order chi connectivity index (χ1) is 9.44. The van der Waals surface area contributed by atoms with Crippen LogP contribution in [0.1, 0.15) is 32.3 Å². The predicted molar refractivity (Wildman–Crippen MR) is 83.4 cm³/mol. The zero-order valence-electron chi connectivity index (χ0n) is 12.5. The van der Waals surface area contributed by atoms with Gasteiger partial charge in [0.25, 0.3) is 10.0 Å². The monoisotopic (exact) mass is 320 g/mol. The molecule has 0 atom stereocenters. The minimum absolute atomic E-state index is 0.0593. The van der Waals surface area contributed by atoms with E-state index in [0.717, 1.165) is 12.8 Å². The van der Waals surface area contributed by atoms with Crippen LogP contribution in [-0.4, -0.2) is 43.2 Å². The highest BCUT2D eigenvalue weighted by atomic mass is 32.2. The lowest BCUT2D eigenvalue weighted by Gasteiger charge is -2.29. The highest BCUT2D eigenvalue weighted by Gasteiger charge is 2.29. The SMILES string of the molecule is CCC(CC)(CNS(=O)(=O)c1[nH]ncc1CNC)SC. The summed E-state index contributed by atoms with van der Waals surface area (Å²) in [5, 5.41) is 9.48. The van der Waals surface area contributed by atoms with Gasteiger partial charge in [-0.1, -0.05) is 13.8 Å². The number of rotatable bonds is 9. The second-order valence-electron chi connectivity index (χ2n) is 4.67. The molecule has 0 bridgehead atoms. The van der Waals surface area contributed by atoms with Gasteiger partial charge in [-0.3, -0.25) is 5.10 Å². The van der Waals surface area contributed by atoms with E-state index in [-0.39, 0.29) is 9.77 Å². The lowest BCUT2D eigenvalue weighted by Crippen LogP contribution is -2.40. The molecule has 1 aromatic heterocycles. The molecular weight excluding hydrogens is 296 g/mol. The summed E-state index contributed by atoms with van der Waals surface area (Å²) in [5.41, 5.74) is 0.641. The summed E-state index contributed by atoms with van der Waals surface area (Å²) in [6.45, 7) is 5.04. The Morgan fingerprint density at radius 3 is 2.55 bits per heavy atom. The van der Waals surface area contributed by atoms with E-state index in [1.807, 2.05) is 6.26 Å². The molecule has 0 aliphatic rings. The maximum atomic E-state index is 12.4. The smallest absolute Gasteiger partial charge is 0.257 e. The molecule has 8 heteroatoms. The lowest BCUT2D eigenvalue weighted by molar-refractivity contribution is 0.519. The summed E-state index contributed by atoms with van der Waals surface area (Å²) in [5.74, 6) is 0. The van der Waals surface area contributed by atoms with E-state index in [1.54, 1.807) is 18.8 Å². The zero-order chi connectivity index (χ0) is 15.2. The molecule has 1 heterocycles. The summed E-state index contributed by atoms with van der Waals surface area (Å²) in [7, 11) is -1.79. The molecule has 20 heavy (non-hydrogen) atoms. The van der Waals surface area contributed by atoms with Gasteiger partial charge in [-0.05, 0) is 26.1 Å². The topological polar surface area (TPSA) is 86.9 Å². The molecule has 6 nitrogen and oxygen atoms in total. The number of sulfonamides is 1. The highest BCUT2D eigenvalue weighted by Crippen LogP contribution is 2.30. The molecule has 0 spiro atoms. The highest BCUT2D eigenvalue weighted by molar-refractivity contribution is 8.00. The Bertz CT molecular complexity index is 501. The summed E-state index contributed by atoms with van der Waals surface area (Å²) in [6.07, 6.45) is 5.38. The van der Waals surface area contributed by atoms with Gasteiger partial charge in [0.15, 0.2) is 5.03 Å². The van der Waals surface area contributed by atoms with E-state index in [0.29, 0.717) is 18.7 Å². The first kappa shape index (κ1) is 17.5. The Kier molecular flexibility index (Phi) is 6.50. The van der Waals surface area contributed by atoms with Crippen LogP contribution in [0.4, 0.5) is 0 Å². The van der Waals surface area contributed by atoms with Crippen LogP contribution in [0.5, 0.6) is 0 Å². The Morgan fingerprint density at radius 2 is 2.05 bits per heavy atom. The van der Waals surface area contributed by atoms with Crippen molar-refractivity contribution >= 4 is 21.8 Å². The Morgan fingerprint density at radius 1 is 1.40 bits per heavy atom. The number of aromatic nitrogens is 2. The quantitative estimate of drug-likeness (QED) is 0.639. The van der Waals surface area contributed by atoms with Crippen molar-refractivity contribution in [1.29, 1.82) is 0 Å². The van der Waals surface area contributed by atoms with Crippen LogP contribution >= 0.6 is 11.8 Å². The average Bonchev–Trinajstić information content (AvgIpc) is 2.91. The number of aromatic amines is 1. The van der Waals surface area contributed by atoms with E-state index in [2.05, 4.69) is 34.1 Å². The maximum absolute atomic E-state index is 12.4.